The van der Waals surface area contributed by atoms with Crippen LogP contribution in [0.1, 0.15) is 32.6 Å². The molecule has 0 aromatic heterocycles. The van der Waals surface area contributed by atoms with Gasteiger partial charge in [-0.3, -0.25) is 4.31 Å². The van der Waals surface area contributed by atoms with Gasteiger partial charge in [-0.25, -0.2) is 8.42 Å². The highest BCUT2D eigenvalue weighted by atomic mass is 32.2. The van der Waals surface area contributed by atoms with E-state index in [0.29, 0.717) is 6.54 Å². The molecule has 2 heterocycles. The number of hydrogen-bond donors (Lipinski definition) is 0. The molecular weight excluding hydrogens is 322 g/mol. The van der Waals surface area contributed by atoms with Crippen molar-refractivity contribution in [1.82, 2.24) is 4.90 Å². The number of benzene rings is 1. The summed E-state index contributed by atoms with van der Waals surface area (Å²) in [5.41, 5.74) is 1.91. The average Bonchev–Trinajstić information content (AvgIpc) is 3.11. The Morgan fingerprint density at radius 2 is 1.67 bits per heavy atom. The predicted octanol–water partition coefficient (Wildman–Crippen LogP) is 2.54. The summed E-state index contributed by atoms with van der Waals surface area (Å²) in [6, 6.07) is 7.94. The van der Waals surface area contributed by atoms with Gasteiger partial charge < -0.3 is 9.80 Å². The summed E-state index contributed by atoms with van der Waals surface area (Å²) in [5.74, 6) is 0.242. The zero-order chi connectivity index (χ0) is 17.0. The third-order valence-electron chi connectivity index (χ3n) is 5.04. The zero-order valence-electron chi connectivity index (χ0n) is 14.7. The molecule has 1 aromatic carbocycles. The van der Waals surface area contributed by atoms with Gasteiger partial charge in [-0.1, -0.05) is 25.5 Å². The van der Waals surface area contributed by atoms with E-state index >= 15 is 0 Å². The molecule has 3 rings (SSSR count). The molecule has 2 aliphatic heterocycles. The minimum atomic E-state index is -3.22. The van der Waals surface area contributed by atoms with Crippen LogP contribution in [0, 0.1) is 0 Å². The van der Waals surface area contributed by atoms with Gasteiger partial charge in [0, 0.05) is 19.6 Å². The van der Waals surface area contributed by atoms with Crippen molar-refractivity contribution in [2.75, 3.05) is 54.2 Å². The highest BCUT2D eigenvalue weighted by Gasteiger charge is 2.30. The number of fused-ring (bicyclic) bond motifs is 1. The minimum absolute atomic E-state index is 0.242. The van der Waals surface area contributed by atoms with E-state index in [4.69, 9.17) is 0 Å². The van der Waals surface area contributed by atoms with Crippen molar-refractivity contribution in [3.05, 3.63) is 24.3 Å². The smallest absolute Gasteiger partial charge is 0.235 e. The third kappa shape index (κ3) is 3.86. The predicted molar refractivity (Wildman–Crippen MR) is 100 cm³/mol. The van der Waals surface area contributed by atoms with Crippen LogP contribution in [0.2, 0.25) is 0 Å². The van der Waals surface area contributed by atoms with Crippen LogP contribution in [0.25, 0.3) is 0 Å². The molecule has 1 aromatic rings. The maximum absolute atomic E-state index is 12.7. The van der Waals surface area contributed by atoms with Crippen LogP contribution in [0.3, 0.4) is 0 Å². The fourth-order valence-corrected chi connectivity index (χ4v) is 5.31. The lowest BCUT2D eigenvalue weighted by molar-refractivity contribution is 0.344. The van der Waals surface area contributed by atoms with E-state index in [2.05, 4.69) is 15.9 Å². The topological polar surface area (TPSA) is 43.9 Å². The van der Waals surface area contributed by atoms with Crippen molar-refractivity contribution >= 4 is 21.4 Å². The van der Waals surface area contributed by atoms with E-state index in [9.17, 15) is 8.42 Å². The van der Waals surface area contributed by atoms with E-state index in [-0.39, 0.29) is 5.75 Å². The van der Waals surface area contributed by atoms with E-state index in [1.807, 2.05) is 25.1 Å². The van der Waals surface area contributed by atoms with Crippen molar-refractivity contribution in [2.45, 2.75) is 32.6 Å². The molecule has 0 spiro atoms. The number of anilines is 2. The molecule has 0 N–H and O–H groups in total. The van der Waals surface area contributed by atoms with Crippen LogP contribution in [0.4, 0.5) is 11.4 Å². The third-order valence-corrected chi connectivity index (χ3v) is 6.90. The Hall–Kier alpha value is -1.27. The summed E-state index contributed by atoms with van der Waals surface area (Å²) in [6.07, 6.45) is 4.23. The molecule has 0 bridgehead atoms. The van der Waals surface area contributed by atoms with E-state index in [0.717, 1.165) is 43.9 Å². The van der Waals surface area contributed by atoms with Crippen molar-refractivity contribution in [2.24, 2.45) is 0 Å². The first kappa shape index (κ1) is 17.5. The molecule has 0 radical (unpaired) electrons. The zero-order valence-corrected chi connectivity index (χ0v) is 15.5. The molecule has 1 fully saturated rings. The number of sulfonamides is 1. The lowest BCUT2D eigenvalue weighted by Gasteiger charge is -2.38. The number of likely N-dealkylation sites (tertiary alicyclic amines) is 1. The molecule has 6 heteroatoms. The SMILES string of the molecule is CCCCS(=O)(=O)N1CCN(CCN2CCCC2)c2ccccc21. The molecule has 0 saturated carbocycles. The first-order valence-electron chi connectivity index (χ1n) is 9.18. The molecule has 24 heavy (non-hydrogen) atoms. The Balaban J connectivity index is 1.75. The van der Waals surface area contributed by atoms with Gasteiger partial charge in [-0.05, 0) is 44.5 Å². The summed E-state index contributed by atoms with van der Waals surface area (Å²) in [6.45, 7) is 7.80. The Kier molecular flexibility index (Phi) is 5.66. The molecule has 0 atom stereocenters. The van der Waals surface area contributed by atoms with Crippen molar-refractivity contribution < 1.29 is 8.42 Å². The Morgan fingerprint density at radius 3 is 2.38 bits per heavy atom. The van der Waals surface area contributed by atoms with Crippen molar-refractivity contribution in [3.8, 4) is 0 Å². The van der Waals surface area contributed by atoms with Crippen molar-refractivity contribution in [1.29, 1.82) is 0 Å². The molecule has 2 aliphatic rings. The number of hydrogen-bond acceptors (Lipinski definition) is 4. The molecule has 0 aliphatic carbocycles. The Bertz CT molecular complexity index is 641. The van der Waals surface area contributed by atoms with Gasteiger partial charge >= 0.3 is 0 Å². The second-order valence-electron chi connectivity index (χ2n) is 6.77. The molecule has 1 saturated heterocycles. The highest BCUT2D eigenvalue weighted by Crippen LogP contribution is 2.34. The fourth-order valence-electron chi connectivity index (χ4n) is 3.62. The molecule has 5 nitrogen and oxygen atoms in total. The van der Waals surface area contributed by atoms with Gasteiger partial charge in [0.25, 0.3) is 0 Å². The Labute approximate surface area is 146 Å². The normalized spacial score (nSPS) is 18.9. The van der Waals surface area contributed by atoms with Crippen LogP contribution >= 0.6 is 0 Å². The maximum atomic E-state index is 12.7. The van der Waals surface area contributed by atoms with Gasteiger partial charge in [0.1, 0.15) is 0 Å². The summed E-state index contributed by atoms with van der Waals surface area (Å²) in [7, 11) is -3.22. The second kappa shape index (κ2) is 7.74. The fraction of sp³-hybridized carbons (Fsp3) is 0.667. The molecular formula is C18H29N3O2S. The number of nitrogens with zero attached hydrogens (tertiary/aromatic N) is 3. The molecule has 0 amide bonds. The first-order valence-corrected chi connectivity index (χ1v) is 10.8. The van der Waals surface area contributed by atoms with E-state index < -0.39 is 10.0 Å². The summed E-state index contributed by atoms with van der Waals surface area (Å²) < 4.78 is 27.0. The molecule has 134 valence electrons. The van der Waals surface area contributed by atoms with Gasteiger partial charge in [0.15, 0.2) is 0 Å². The quantitative estimate of drug-likeness (QED) is 0.757. The van der Waals surface area contributed by atoms with Crippen LogP contribution in [0.15, 0.2) is 24.3 Å². The lowest BCUT2D eigenvalue weighted by Crippen LogP contribution is -2.46. The number of unbranched alkanes of at least 4 members (excludes halogenated alkanes) is 1. The maximum Gasteiger partial charge on any atom is 0.235 e. The van der Waals surface area contributed by atoms with E-state index in [1.54, 1.807) is 4.31 Å². The average molecular weight is 352 g/mol. The largest absolute Gasteiger partial charge is 0.367 e. The van der Waals surface area contributed by atoms with Crippen molar-refractivity contribution in [3.63, 3.8) is 0 Å². The van der Waals surface area contributed by atoms with Crippen LogP contribution < -0.4 is 9.21 Å². The molecule has 0 unspecified atom stereocenters. The number of para-hydroxylation sites is 2. The van der Waals surface area contributed by atoms with Crippen LogP contribution in [0.5, 0.6) is 0 Å². The Morgan fingerprint density at radius 1 is 0.958 bits per heavy atom. The summed E-state index contributed by atoms with van der Waals surface area (Å²) in [5, 5.41) is 0. The highest BCUT2D eigenvalue weighted by molar-refractivity contribution is 7.92. The lowest BCUT2D eigenvalue weighted by atomic mass is 10.2. The summed E-state index contributed by atoms with van der Waals surface area (Å²) in [4.78, 5) is 4.85. The van der Waals surface area contributed by atoms with Gasteiger partial charge in [0.2, 0.25) is 10.0 Å². The monoisotopic (exact) mass is 351 g/mol. The van der Waals surface area contributed by atoms with Gasteiger partial charge in [0.05, 0.1) is 23.7 Å². The first-order chi connectivity index (χ1) is 11.6. The second-order valence-corrected chi connectivity index (χ2v) is 8.78. The van der Waals surface area contributed by atoms with Crippen LogP contribution in [-0.4, -0.2) is 58.3 Å². The number of rotatable bonds is 7. The van der Waals surface area contributed by atoms with Crippen LogP contribution in [-0.2, 0) is 10.0 Å². The van der Waals surface area contributed by atoms with Gasteiger partial charge in [-0.2, -0.15) is 0 Å². The van der Waals surface area contributed by atoms with Gasteiger partial charge in [-0.15, -0.1) is 0 Å². The standard InChI is InChI=1S/C18H29N3O2S/c1-2-3-16-24(22,23)21-15-14-20(13-12-19-10-6-7-11-19)17-8-4-5-9-18(17)21/h4-5,8-9H,2-3,6-7,10-16H2,1H3. The summed E-state index contributed by atoms with van der Waals surface area (Å²) >= 11 is 0. The minimum Gasteiger partial charge on any atom is -0.367 e. The van der Waals surface area contributed by atoms with E-state index in [1.165, 1.54) is 25.9 Å².